The Hall–Kier alpha value is -1.61. The quantitative estimate of drug-likeness (QED) is 0.827. The van der Waals surface area contributed by atoms with E-state index in [2.05, 4.69) is 32.7 Å². The summed E-state index contributed by atoms with van der Waals surface area (Å²) in [6.45, 7) is 8.61. The van der Waals surface area contributed by atoms with Gasteiger partial charge in [0, 0.05) is 19.2 Å². The van der Waals surface area contributed by atoms with E-state index in [1.54, 1.807) is 6.08 Å². The molecule has 1 N–H and O–H groups in total. The van der Waals surface area contributed by atoms with Crippen LogP contribution < -0.4 is 0 Å². The fourth-order valence-corrected chi connectivity index (χ4v) is 2.08. The maximum atomic E-state index is 10.4. The third-order valence-electron chi connectivity index (χ3n) is 2.59. The highest BCUT2D eigenvalue weighted by atomic mass is 16.4. The predicted molar refractivity (Wildman–Crippen MR) is 78.9 cm³/mol. The second-order valence-corrected chi connectivity index (χ2v) is 6.15. The van der Waals surface area contributed by atoms with Gasteiger partial charge in [-0.05, 0) is 29.7 Å². The molecule has 3 heteroatoms. The van der Waals surface area contributed by atoms with E-state index < -0.39 is 5.97 Å². The molecule has 0 spiro atoms. The summed E-state index contributed by atoms with van der Waals surface area (Å²) in [6, 6.07) is 7.97. The lowest BCUT2D eigenvalue weighted by Gasteiger charge is -2.26. The maximum Gasteiger partial charge on any atom is 0.328 e. The summed E-state index contributed by atoms with van der Waals surface area (Å²) in [5.74, 6) is -0.922. The van der Waals surface area contributed by atoms with Crippen LogP contribution in [0.5, 0.6) is 0 Å². The molecule has 0 amide bonds. The summed E-state index contributed by atoms with van der Waals surface area (Å²) < 4.78 is 0. The molecule has 0 fully saturated rings. The zero-order chi connectivity index (χ0) is 14.5. The van der Waals surface area contributed by atoms with Crippen LogP contribution >= 0.6 is 0 Å². The Labute approximate surface area is 115 Å². The Morgan fingerprint density at radius 3 is 2.32 bits per heavy atom. The van der Waals surface area contributed by atoms with Crippen molar-refractivity contribution >= 4 is 12.0 Å². The number of carboxylic acids is 1. The normalized spacial score (nSPS) is 12.3. The summed E-state index contributed by atoms with van der Waals surface area (Å²) in [7, 11) is 2.11. The second-order valence-electron chi connectivity index (χ2n) is 6.15. The second kappa shape index (κ2) is 6.53. The number of benzene rings is 1. The van der Waals surface area contributed by atoms with Crippen molar-refractivity contribution in [2.75, 3.05) is 13.6 Å². The van der Waals surface area contributed by atoms with Crippen molar-refractivity contribution in [1.29, 1.82) is 0 Å². The molecular formula is C16H23NO2. The Kier molecular flexibility index (Phi) is 5.31. The third-order valence-corrected chi connectivity index (χ3v) is 2.59. The molecule has 0 aromatic heterocycles. The fraction of sp³-hybridized carbons (Fsp3) is 0.438. The van der Waals surface area contributed by atoms with Crippen LogP contribution in [0.2, 0.25) is 0 Å². The van der Waals surface area contributed by atoms with Crippen molar-refractivity contribution in [3.05, 3.63) is 41.5 Å². The Morgan fingerprint density at radius 2 is 1.84 bits per heavy atom. The molecule has 3 nitrogen and oxygen atoms in total. The molecule has 104 valence electrons. The molecule has 1 rings (SSSR count). The minimum Gasteiger partial charge on any atom is -0.478 e. The number of carbonyl (C=O) groups is 1. The molecule has 0 heterocycles. The summed E-state index contributed by atoms with van der Waals surface area (Å²) in [5, 5.41) is 8.56. The van der Waals surface area contributed by atoms with Gasteiger partial charge in [-0.15, -0.1) is 0 Å². The molecule has 1 aromatic carbocycles. The molecule has 0 unspecified atom stereocenters. The summed E-state index contributed by atoms with van der Waals surface area (Å²) in [6.07, 6.45) is 2.76. The monoisotopic (exact) mass is 261 g/mol. The molecule has 19 heavy (non-hydrogen) atoms. The molecule has 0 aliphatic heterocycles. The Balaban J connectivity index is 2.59. The number of hydrogen-bond acceptors (Lipinski definition) is 2. The fourth-order valence-electron chi connectivity index (χ4n) is 2.08. The van der Waals surface area contributed by atoms with Gasteiger partial charge in [-0.2, -0.15) is 0 Å². The van der Waals surface area contributed by atoms with Crippen molar-refractivity contribution in [1.82, 2.24) is 4.90 Å². The number of hydrogen-bond donors (Lipinski definition) is 1. The van der Waals surface area contributed by atoms with E-state index in [4.69, 9.17) is 5.11 Å². The van der Waals surface area contributed by atoms with E-state index in [1.807, 2.05) is 24.3 Å². The lowest BCUT2D eigenvalue weighted by molar-refractivity contribution is -0.131. The van der Waals surface area contributed by atoms with Gasteiger partial charge in [-0.25, -0.2) is 4.79 Å². The standard InChI is InChI=1S/C16H23NO2/c1-16(2,3)12-17(4)11-14-7-5-13(6-8-14)9-10-15(18)19/h5-10H,11-12H2,1-4H3,(H,18,19)/b10-9+. The summed E-state index contributed by atoms with van der Waals surface area (Å²) in [5.41, 5.74) is 2.43. The summed E-state index contributed by atoms with van der Waals surface area (Å²) in [4.78, 5) is 12.7. The topological polar surface area (TPSA) is 40.5 Å². The van der Waals surface area contributed by atoms with Crippen LogP contribution in [0.1, 0.15) is 31.9 Å². The van der Waals surface area contributed by atoms with E-state index >= 15 is 0 Å². The number of rotatable bonds is 5. The molecule has 0 aliphatic rings. The third kappa shape index (κ3) is 6.77. The number of nitrogens with zero attached hydrogens (tertiary/aromatic N) is 1. The average molecular weight is 261 g/mol. The SMILES string of the molecule is CN(Cc1ccc(/C=C/C(=O)O)cc1)CC(C)(C)C. The highest BCUT2D eigenvalue weighted by molar-refractivity contribution is 5.85. The van der Waals surface area contributed by atoms with E-state index in [0.717, 1.165) is 24.7 Å². The van der Waals surface area contributed by atoms with Crippen LogP contribution in [-0.2, 0) is 11.3 Å². The van der Waals surface area contributed by atoms with Crippen molar-refractivity contribution in [3.63, 3.8) is 0 Å². The van der Waals surface area contributed by atoms with Gasteiger partial charge in [0.2, 0.25) is 0 Å². The molecule has 0 radical (unpaired) electrons. The first kappa shape index (κ1) is 15.4. The highest BCUT2D eigenvalue weighted by Gasteiger charge is 2.13. The zero-order valence-corrected chi connectivity index (χ0v) is 12.2. The van der Waals surface area contributed by atoms with Crippen LogP contribution in [0.4, 0.5) is 0 Å². The van der Waals surface area contributed by atoms with Crippen LogP contribution in [0.3, 0.4) is 0 Å². The van der Waals surface area contributed by atoms with Crippen LogP contribution in [0.25, 0.3) is 6.08 Å². The van der Waals surface area contributed by atoms with Gasteiger partial charge in [-0.3, -0.25) is 0 Å². The average Bonchev–Trinajstić information content (AvgIpc) is 2.25. The van der Waals surface area contributed by atoms with E-state index in [1.165, 1.54) is 5.56 Å². The Bertz CT molecular complexity index is 441. The van der Waals surface area contributed by atoms with E-state index in [9.17, 15) is 4.79 Å². The van der Waals surface area contributed by atoms with Gasteiger partial charge in [0.25, 0.3) is 0 Å². The van der Waals surface area contributed by atoms with Gasteiger partial charge >= 0.3 is 5.97 Å². The van der Waals surface area contributed by atoms with Crippen LogP contribution in [-0.4, -0.2) is 29.6 Å². The van der Waals surface area contributed by atoms with Gasteiger partial charge in [0.15, 0.2) is 0 Å². The minimum atomic E-state index is -0.922. The van der Waals surface area contributed by atoms with Crippen molar-refractivity contribution < 1.29 is 9.90 Å². The molecular weight excluding hydrogens is 238 g/mol. The smallest absolute Gasteiger partial charge is 0.328 e. The molecule has 0 bridgehead atoms. The largest absolute Gasteiger partial charge is 0.478 e. The first-order chi connectivity index (χ1) is 8.76. The molecule has 0 aliphatic carbocycles. The highest BCUT2D eigenvalue weighted by Crippen LogP contribution is 2.16. The van der Waals surface area contributed by atoms with Gasteiger partial charge in [0.1, 0.15) is 0 Å². The van der Waals surface area contributed by atoms with Gasteiger partial charge in [-0.1, -0.05) is 45.0 Å². The Morgan fingerprint density at radius 1 is 1.26 bits per heavy atom. The zero-order valence-electron chi connectivity index (χ0n) is 12.2. The first-order valence-corrected chi connectivity index (χ1v) is 6.45. The minimum absolute atomic E-state index is 0.291. The van der Waals surface area contributed by atoms with Gasteiger partial charge < -0.3 is 10.0 Å². The molecule has 0 atom stereocenters. The first-order valence-electron chi connectivity index (χ1n) is 6.45. The summed E-state index contributed by atoms with van der Waals surface area (Å²) >= 11 is 0. The van der Waals surface area contributed by atoms with E-state index in [0.29, 0.717) is 5.41 Å². The van der Waals surface area contributed by atoms with Gasteiger partial charge in [0.05, 0.1) is 0 Å². The lowest BCUT2D eigenvalue weighted by atomic mass is 9.96. The number of aliphatic carboxylic acids is 1. The van der Waals surface area contributed by atoms with Crippen molar-refractivity contribution in [2.45, 2.75) is 27.3 Å². The lowest BCUT2D eigenvalue weighted by Crippen LogP contribution is -2.28. The number of carboxylic acid groups (broad SMARTS) is 1. The van der Waals surface area contributed by atoms with Crippen LogP contribution in [0, 0.1) is 5.41 Å². The molecule has 0 saturated carbocycles. The van der Waals surface area contributed by atoms with Crippen molar-refractivity contribution in [2.24, 2.45) is 5.41 Å². The van der Waals surface area contributed by atoms with Crippen molar-refractivity contribution in [3.8, 4) is 0 Å². The predicted octanol–water partition coefficient (Wildman–Crippen LogP) is 3.26. The molecule has 0 saturated heterocycles. The van der Waals surface area contributed by atoms with Crippen LogP contribution in [0.15, 0.2) is 30.3 Å². The molecule has 1 aromatic rings. The van der Waals surface area contributed by atoms with E-state index in [-0.39, 0.29) is 0 Å². The maximum absolute atomic E-state index is 10.4.